The lowest BCUT2D eigenvalue weighted by molar-refractivity contribution is -0.142. The van der Waals surface area contributed by atoms with Gasteiger partial charge in [-0.1, -0.05) is 0 Å². The summed E-state index contributed by atoms with van der Waals surface area (Å²) in [5.74, 6) is 0.760. The Balaban J connectivity index is 1.37. The van der Waals surface area contributed by atoms with Gasteiger partial charge in [0, 0.05) is 58.3 Å². The average molecular weight is 414 g/mol. The van der Waals surface area contributed by atoms with Crippen LogP contribution < -0.4 is 5.69 Å². The van der Waals surface area contributed by atoms with Crippen LogP contribution in [0, 0.1) is 18.8 Å². The lowest BCUT2D eigenvalue weighted by Gasteiger charge is -2.37. The summed E-state index contributed by atoms with van der Waals surface area (Å²) < 4.78 is 3.47. The second-order valence-corrected chi connectivity index (χ2v) is 8.80. The Labute approximate surface area is 176 Å². The fraction of sp³-hybridized carbons (Fsp3) is 0.636. The van der Waals surface area contributed by atoms with Crippen molar-refractivity contribution in [1.29, 1.82) is 0 Å². The van der Waals surface area contributed by atoms with Crippen LogP contribution in [0.2, 0.25) is 0 Å². The van der Waals surface area contributed by atoms with Gasteiger partial charge in [0.2, 0.25) is 11.8 Å². The molecule has 1 aliphatic carbocycles. The molecule has 4 rings (SSSR count). The monoisotopic (exact) mass is 413 g/mol. The third-order valence-electron chi connectivity index (χ3n) is 6.80. The standard InChI is InChI=1S/C22H31N5O3/c1-15-4-9-19-20(23-15)27(22(30)24(19)3)14-17-5-7-18(8-6-17)21(29)26-12-10-25(11-13-26)16(2)28/h4,9,17-18H,5-8,10-14H2,1-3H3/t17-,18-. The molecule has 0 atom stereocenters. The number of hydrogen-bond acceptors (Lipinski definition) is 4. The Morgan fingerprint density at radius 1 is 1.03 bits per heavy atom. The van der Waals surface area contributed by atoms with Gasteiger partial charge in [-0.25, -0.2) is 9.78 Å². The highest BCUT2D eigenvalue weighted by Gasteiger charge is 2.32. The lowest BCUT2D eigenvalue weighted by atomic mass is 9.81. The first-order valence-electron chi connectivity index (χ1n) is 10.9. The third kappa shape index (κ3) is 3.87. The molecule has 1 saturated heterocycles. The maximum atomic E-state index is 12.9. The van der Waals surface area contributed by atoms with E-state index in [1.807, 2.05) is 24.0 Å². The number of carbonyl (C=O) groups excluding carboxylic acids is 2. The average Bonchev–Trinajstić information content (AvgIpc) is 2.98. The zero-order valence-corrected chi connectivity index (χ0v) is 18.1. The van der Waals surface area contributed by atoms with Gasteiger partial charge in [-0.3, -0.25) is 18.7 Å². The van der Waals surface area contributed by atoms with E-state index in [-0.39, 0.29) is 23.4 Å². The second kappa shape index (κ2) is 8.24. The number of carbonyl (C=O) groups is 2. The number of aromatic nitrogens is 3. The molecule has 2 amide bonds. The van der Waals surface area contributed by atoms with Crippen molar-refractivity contribution in [3.05, 3.63) is 28.3 Å². The minimum Gasteiger partial charge on any atom is -0.339 e. The molecule has 0 radical (unpaired) electrons. The van der Waals surface area contributed by atoms with Crippen molar-refractivity contribution >= 4 is 23.0 Å². The molecule has 0 spiro atoms. The van der Waals surface area contributed by atoms with E-state index in [0.717, 1.165) is 42.5 Å². The van der Waals surface area contributed by atoms with Crippen LogP contribution >= 0.6 is 0 Å². The predicted octanol–water partition coefficient (Wildman–Crippen LogP) is 1.54. The van der Waals surface area contributed by atoms with Crippen LogP contribution in [0.4, 0.5) is 0 Å². The molecule has 1 aliphatic heterocycles. The quantitative estimate of drug-likeness (QED) is 0.765. The topological polar surface area (TPSA) is 80.4 Å². The first-order chi connectivity index (χ1) is 14.3. The highest BCUT2D eigenvalue weighted by atomic mass is 16.2. The Kier molecular flexibility index (Phi) is 5.66. The number of amides is 2. The summed E-state index contributed by atoms with van der Waals surface area (Å²) in [6.45, 7) is 6.71. The van der Waals surface area contributed by atoms with Gasteiger partial charge < -0.3 is 9.80 Å². The molecule has 2 aliphatic rings. The molecule has 2 fully saturated rings. The van der Waals surface area contributed by atoms with Gasteiger partial charge in [-0.05, 0) is 50.7 Å². The highest BCUT2D eigenvalue weighted by molar-refractivity contribution is 5.79. The highest BCUT2D eigenvalue weighted by Crippen LogP contribution is 2.31. The summed E-state index contributed by atoms with van der Waals surface area (Å²) in [6.07, 6.45) is 3.61. The third-order valence-corrected chi connectivity index (χ3v) is 6.80. The van der Waals surface area contributed by atoms with Crippen LogP contribution in [0.15, 0.2) is 16.9 Å². The Bertz CT molecular complexity index is 1010. The molecule has 0 unspecified atom stereocenters. The molecule has 30 heavy (non-hydrogen) atoms. The summed E-state index contributed by atoms with van der Waals surface area (Å²) in [6, 6.07) is 3.89. The molecule has 0 aromatic carbocycles. The summed E-state index contributed by atoms with van der Waals surface area (Å²) in [7, 11) is 1.79. The van der Waals surface area contributed by atoms with E-state index >= 15 is 0 Å². The van der Waals surface area contributed by atoms with Gasteiger partial charge >= 0.3 is 5.69 Å². The number of hydrogen-bond donors (Lipinski definition) is 0. The normalized spacial score (nSPS) is 22.5. The Morgan fingerprint density at radius 2 is 1.67 bits per heavy atom. The summed E-state index contributed by atoms with van der Waals surface area (Å²) in [5, 5.41) is 0. The van der Waals surface area contributed by atoms with Crippen molar-refractivity contribution < 1.29 is 9.59 Å². The molecule has 2 aromatic heterocycles. The van der Waals surface area contributed by atoms with Crippen molar-refractivity contribution in [2.75, 3.05) is 26.2 Å². The van der Waals surface area contributed by atoms with Crippen LogP contribution in [-0.2, 0) is 23.2 Å². The maximum absolute atomic E-state index is 12.9. The van der Waals surface area contributed by atoms with Crippen LogP contribution in [0.3, 0.4) is 0 Å². The minimum absolute atomic E-state index is 0.0235. The molecule has 8 heteroatoms. The zero-order chi connectivity index (χ0) is 21.4. The summed E-state index contributed by atoms with van der Waals surface area (Å²) in [4.78, 5) is 45.4. The fourth-order valence-electron chi connectivity index (χ4n) is 4.89. The van der Waals surface area contributed by atoms with E-state index in [2.05, 4.69) is 4.98 Å². The van der Waals surface area contributed by atoms with Gasteiger partial charge in [-0.15, -0.1) is 0 Å². The van der Waals surface area contributed by atoms with E-state index in [1.54, 1.807) is 28.0 Å². The lowest BCUT2D eigenvalue weighted by Crippen LogP contribution is -2.51. The van der Waals surface area contributed by atoms with Gasteiger partial charge in [0.15, 0.2) is 5.65 Å². The largest absolute Gasteiger partial charge is 0.339 e. The van der Waals surface area contributed by atoms with E-state index in [0.29, 0.717) is 38.6 Å². The summed E-state index contributed by atoms with van der Waals surface area (Å²) >= 11 is 0. The first-order valence-corrected chi connectivity index (χ1v) is 10.9. The fourth-order valence-corrected chi connectivity index (χ4v) is 4.89. The van der Waals surface area contributed by atoms with Gasteiger partial charge in [0.05, 0.1) is 5.52 Å². The molecule has 2 aromatic rings. The molecule has 1 saturated carbocycles. The van der Waals surface area contributed by atoms with E-state index in [4.69, 9.17) is 0 Å². The molecule has 8 nitrogen and oxygen atoms in total. The number of fused-ring (bicyclic) bond motifs is 1. The molecule has 162 valence electrons. The molecule has 3 heterocycles. The molecule has 0 N–H and O–H groups in total. The minimum atomic E-state index is -0.0235. The summed E-state index contributed by atoms with van der Waals surface area (Å²) in [5.41, 5.74) is 2.49. The number of aryl methyl sites for hydroxylation is 2. The van der Waals surface area contributed by atoms with Crippen LogP contribution in [0.25, 0.3) is 11.2 Å². The van der Waals surface area contributed by atoms with Crippen LogP contribution in [0.5, 0.6) is 0 Å². The Morgan fingerprint density at radius 3 is 2.30 bits per heavy atom. The van der Waals surface area contributed by atoms with Crippen LogP contribution in [-0.4, -0.2) is 61.9 Å². The number of nitrogens with zero attached hydrogens (tertiary/aromatic N) is 5. The molecular weight excluding hydrogens is 382 g/mol. The predicted molar refractivity (Wildman–Crippen MR) is 114 cm³/mol. The first kappa shape index (κ1) is 20.6. The number of piperazine rings is 1. The van der Waals surface area contributed by atoms with Gasteiger partial charge in [0.1, 0.15) is 0 Å². The van der Waals surface area contributed by atoms with Crippen molar-refractivity contribution in [2.24, 2.45) is 18.9 Å². The smallest absolute Gasteiger partial charge is 0.330 e. The number of pyridine rings is 1. The van der Waals surface area contributed by atoms with Gasteiger partial charge in [-0.2, -0.15) is 0 Å². The number of imidazole rings is 1. The number of rotatable bonds is 3. The van der Waals surface area contributed by atoms with E-state index in [9.17, 15) is 14.4 Å². The van der Waals surface area contributed by atoms with Crippen molar-refractivity contribution in [3.63, 3.8) is 0 Å². The zero-order valence-electron chi connectivity index (χ0n) is 18.1. The molecule has 0 bridgehead atoms. The maximum Gasteiger partial charge on any atom is 0.330 e. The van der Waals surface area contributed by atoms with Crippen molar-refractivity contribution in [1.82, 2.24) is 23.9 Å². The SMILES string of the molecule is CC(=O)N1CCN(C(=O)[C@H]2CC[C@H](Cn3c(=O)n(C)c4ccc(C)nc43)CC2)CC1. The van der Waals surface area contributed by atoms with E-state index in [1.165, 1.54) is 0 Å². The van der Waals surface area contributed by atoms with Gasteiger partial charge in [0.25, 0.3) is 0 Å². The van der Waals surface area contributed by atoms with E-state index < -0.39 is 0 Å². The Hall–Kier alpha value is -2.64. The van der Waals surface area contributed by atoms with Crippen molar-refractivity contribution in [3.8, 4) is 0 Å². The van der Waals surface area contributed by atoms with Crippen molar-refractivity contribution in [2.45, 2.75) is 46.1 Å². The van der Waals surface area contributed by atoms with Crippen LogP contribution in [0.1, 0.15) is 38.3 Å². The second-order valence-electron chi connectivity index (χ2n) is 8.80. The molecular formula is C22H31N5O3.